The van der Waals surface area contributed by atoms with E-state index in [4.69, 9.17) is 11.6 Å². The summed E-state index contributed by atoms with van der Waals surface area (Å²) in [6, 6.07) is 16.9. The molecule has 0 aliphatic carbocycles. The number of nitrogens with zero attached hydrogens (tertiary/aromatic N) is 2. The number of nitrogens with one attached hydrogen (secondary N) is 2. The molecule has 3 rings (SSSR count). The predicted octanol–water partition coefficient (Wildman–Crippen LogP) is 3.80. The summed E-state index contributed by atoms with van der Waals surface area (Å²) in [6.07, 6.45) is 1.50. The number of rotatable bonds is 4. The fourth-order valence-electron chi connectivity index (χ4n) is 2.29. The molecule has 1 aromatic heterocycles. The summed E-state index contributed by atoms with van der Waals surface area (Å²) in [4.78, 5) is 12.3. The molecule has 3 aromatic rings. The van der Waals surface area contributed by atoms with Gasteiger partial charge in [0, 0.05) is 21.7 Å². The second kappa shape index (κ2) is 7.10. The van der Waals surface area contributed by atoms with Crippen LogP contribution < -0.4 is 5.43 Å². The molecule has 0 fully saturated rings. The molecule has 2 N–H and O–H groups in total. The van der Waals surface area contributed by atoms with Gasteiger partial charge in [0.05, 0.1) is 11.9 Å². The summed E-state index contributed by atoms with van der Waals surface area (Å²) >= 11 is 6.03. The Morgan fingerprint density at radius 3 is 2.62 bits per heavy atom. The van der Waals surface area contributed by atoms with Gasteiger partial charge in [0.2, 0.25) is 0 Å². The van der Waals surface area contributed by atoms with Gasteiger partial charge < -0.3 is 0 Å². The van der Waals surface area contributed by atoms with E-state index in [0.717, 1.165) is 22.4 Å². The number of hydrogen-bond acceptors (Lipinski definition) is 3. The Labute approximate surface area is 144 Å². The predicted molar refractivity (Wildman–Crippen MR) is 95.3 cm³/mol. The van der Waals surface area contributed by atoms with E-state index in [1.807, 2.05) is 55.5 Å². The highest BCUT2D eigenvalue weighted by atomic mass is 35.5. The second-order valence-electron chi connectivity index (χ2n) is 5.16. The van der Waals surface area contributed by atoms with Crippen molar-refractivity contribution in [2.24, 2.45) is 5.10 Å². The number of hydrogen-bond donors (Lipinski definition) is 2. The Balaban J connectivity index is 1.75. The van der Waals surface area contributed by atoms with Gasteiger partial charge >= 0.3 is 0 Å². The van der Waals surface area contributed by atoms with E-state index in [1.54, 1.807) is 6.07 Å². The molecule has 0 bridgehead atoms. The van der Waals surface area contributed by atoms with E-state index < -0.39 is 0 Å². The minimum atomic E-state index is -0.356. The number of aromatic amines is 1. The average molecular weight is 339 g/mol. The molecular formula is C18H15ClN4O. The number of carbonyl (C=O) groups excluding carboxylic acids is 1. The van der Waals surface area contributed by atoms with Crippen LogP contribution in [0.3, 0.4) is 0 Å². The van der Waals surface area contributed by atoms with Crippen LogP contribution in [0.2, 0.25) is 5.02 Å². The molecule has 0 saturated carbocycles. The third kappa shape index (κ3) is 3.36. The van der Waals surface area contributed by atoms with E-state index in [-0.39, 0.29) is 5.91 Å². The maximum Gasteiger partial charge on any atom is 0.289 e. The molecule has 0 aliphatic heterocycles. The molecule has 0 aliphatic rings. The molecule has 0 radical (unpaired) electrons. The lowest BCUT2D eigenvalue weighted by molar-refractivity contribution is 0.0949. The van der Waals surface area contributed by atoms with Crippen LogP contribution in [0.5, 0.6) is 0 Å². The van der Waals surface area contributed by atoms with Gasteiger partial charge in [0.15, 0.2) is 0 Å². The lowest BCUT2D eigenvalue weighted by atomic mass is 10.1. The van der Waals surface area contributed by atoms with Crippen molar-refractivity contribution in [3.63, 3.8) is 0 Å². The Kier molecular flexibility index (Phi) is 4.72. The number of aromatic nitrogens is 2. The zero-order valence-corrected chi connectivity index (χ0v) is 13.7. The molecule has 120 valence electrons. The summed E-state index contributed by atoms with van der Waals surface area (Å²) in [5.41, 5.74) is 6.05. The van der Waals surface area contributed by atoms with Crippen molar-refractivity contribution in [2.45, 2.75) is 6.92 Å². The molecule has 5 nitrogen and oxygen atoms in total. The molecule has 0 unspecified atom stereocenters. The van der Waals surface area contributed by atoms with E-state index in [9.17, 15) is 4.79 Å². The monoisotopic (exact) mass is 338 g/mol. The van der Waals surface area contributed by atoms with E-state index in [2.05, 4.69) is 20.7 Å². The lowest BCUT2D eigenvalue weighted by Crippen LogP contribution is -2.19. The highest BCUT2D eigenvalue weighted by Crippen LogP contribution is 2.22. The molecule has 0 atom stereocenters. The average Bonchev–Trinajstić information content (AvgIpc) is 2.99. The van der Waals surface area contributed by atoms with E-state index >= 15 is 0 Å². The standard InChI is InChI=1S/C18H15ClN4O/c1-12-16(13-7-3-2-4-8-13)21-22-17(12)18(24)23-20-11-14-9-5-6-10-15(14)19/h2-11H,1H3,(H,21,22)(H,23,24)/b20-11-. The molecular weight excluding hydrogens is 324 g/mol. The molecule has 0 spiro atoms. The Morgan fingerprint density at radius 1 is 1.17 bits per heavy atom. The Hall–Kier alpha value is -2.92. The van der Waals surface area contributed by atoms with E-state index in [0.29, 0.717) is 10.7 Å². The third-order valence-electron chi connectivity index (χ3n) is 3.56. The molecule has 24 heavy (non-hydrogen) atoms. The van der Waals surface area contributed by atoms with Crippen LogP contribution in [0.4, 0.5) is 0 Å². The van der Waals surface area contributed by atoms with Gasteiger partial charge in [-0.25, -0.2) is 5.43 Å². The van der Waals surface area contributed by atoms with Crippen LogP contribution in [0.15, 0.2) is 59.7 Å². The van der Waals surface area contributed by atoms with Gasteiger partial charge in [-0.3, -0.25) is 9.89 Å². The van der Waals surface area contributed by atoms with Crippen molar-refractivity contribution in [1.29, 1.82) is 0 Å². The van der Waals surface area contributed by atoms with Crippen LogP contribution in [0, 0.1) is 6.92 Å². The Bertz CT molecular complexity index is 887. The van der Waals surface area contributed by atoms with Crippen LogP contribution in [0.1, 0.15) is 21.6 Å². The quantitative estimate of drug-likeness (QED) is 0.561. The van der Waals surface area contributed by atoms with Crippen molar-refractivity contribution in [2.75, 3.05) is 0 Å². The summed E-state index contributed by atoms with van der Waals surface area (Å²) in [5, 5.41) is 11.5. The first-order valence-electron chi connectivity index (χ1n) is 7.35. The molecule has 6 heteroatoms. The first-order chi connectivity index (χ1) is 11.7. The van der Waals surface area contributed by atoms with Gasteiger partial charge in [-0.15, -0.1) is 0 Å². The third-order valence-corrected chi connectivity index (χ3v) is 3.90. The second-order valence-corrected chi connectivity index (χ2v) is 5.57. The number of amides is 1. The van der Waals surface area contributed by atoms with Gasteiger partial charge in [0.25, 0.3) is 5.91 Å². The highest BCUT2D eigenvalue weighted by Gasteiger charge is 2.16. The first kappa shape index (κ1) is 16.0. The number of hydrazone groups is 1. The Morgan fingerprint density at radius 2 is 1.88 bits per heavy atom. The molecule has 2 aromatic carbocycles. The minimum Gasteiger partial charge on any atom is -0.272 e. The normalized spacial score (nSPS) is 10.9. The van der Waals surface area contributed by atoms with Crippen molar-refractivity contribution >= 4 is 23.7 Å². The summed E-state index contributed by atoms with van der Waals surface area (Å²) < 4.78 is 0. The van der Waals surface area contributed by atoms with Gasteiger partial charge in [-0.2, -0.15) is 10.2 Å². The minimum absolute atomic E-state index is 0.356. The number of benzene rings is 2. The maximum absolute atomic E-state index is 12.3. The molecule has 1 amide bonds. The van der Waals surface area contributed by atoms with Crippen LogP contribution in [0.25, 0.3) is 11.3 Å². The van der Waals surface area contributed by atoms with Gasteiger partial charge in [-0.05, 0) is 13.0 Å². The van der Waals surface area contributed by atoms with Crippen molar-refractivity contribution in [3.05, 3.63) is 76.4 Å². The summed E-state index contributed by atoms with van der Waals surface area (Å²) in [6.45, 7) is 1.85. The van der Waals surface area contributed by atoms with Gasteiger partial charge in [0.1, 0.15) is 5.69 Å². The van der Waals surface area contributed by atoms with Crippen molar-refractivity contribution < 1.29 is 4.79 Å². The zero-order chi connectivity index (χ0) is 16.9. The van der Waals surface area contributed by atoms with Crippen LogP contribution in [-0.2, 0) is 0 Å². The number of halogens is 1. The fourth-order valence-corrected chi connectivity index (χ4v) is 2.48. The zero-order valence-electron chi connectivity index (χ0n) is 13.0. The van der Waals surface area contributed by atoms with E-state index in [1.165, 1.54) is 6.21 Å². The lowest BCUT2D eigenvalue weighted by Gasteiger charge is -2.00. The van der Waals surface area contributed by atoms with Crippen LogP contribution in [-0.4, -0.2) is 22.3 Å². The molecule has 0 saturated heterocycles. The van der Waals surface area contributed by atoms with Crippen LogP contribution >= 0.6 is 11.6 Å². The van der Waals surface area contributed by atoms with Crippen molar-refractivity contribution in [3.8, 4) is 11.3 Å². The largest absolute Gasteiger partial charge is 0.289 e. The first-order valence-corrected chi connectivity index (χ1v) is 7.73. The maximum atomic E-state index is 12.3. The van der Waals surface area contributed by atoms with Crippen molar-refractivity contribution in [1.82, 2.24) is 15.6 Å². The number of carbonyl (C=O) groups is 1. The topological polar surface area (TPSA) is 70.1 Å². The number of H-pyrrole nitrogens is 1. The SMILES string of the molecule is Cc1c(-c2ccccc2)n[nH]c1C(=O)N/N=C\c1ccccc1Cl. The molecule has 1 heterocycles. The smallest absolute Gasteiger partial charge is 0.272 e. The van der Waals surface area contributed by atoms with Gasteiger partial charge in [-0.1, -0.05) is 60.1 Å². The summed E-state index contributed by atoms with van der Waals surface area (Å²) in [7, 11) is 0. The fraction of sp³-hybridized carbons (Fsp3) is 0.0556. The summed E-state index contributed by atoms with van der Waals surface area (Å²) in [5.74, 6) is -0.356. The highest BCUT2D eigenvalue weighted by molar-refractivity contribution is 6.33.